The highest BCUT2D eigenvalue weighted by atomic mass is 35.5. The van der Waals surface area contributed by atoms with Gasteiger partial charge in [-0.15, -0.1) is 12.4 Å². The number of hydrogen-bond acceptors (Lipinski definition) is 6. The smallest absolute Gasteiger partial charge is 0.322 e. The molecule has 0 aromatic heterocycles. The highest BCUT2D eigenvalue weighted by molar-refractivity contribution is 5.98. The molecule has 0 aliphatic carbocycles. The Morgan fingerprint density at radius 3 is 2.56 bits per heavy atom. The van der Waals surface area contributed by atoms with Crippen molar-refractivity contribution >= 4 is 30.2 Å². The van der Waals surface area contributed by atoms with Crippen molar-refractivity contribution in [2.45, 2.75) is 18.5 Å². The minimum atomic E-state index is -0.451. The molecule has 2 rings (SSSR count). The van der Waals surface area contributed by atoms with Crippen LogP contribution in [0.3, 0.4) is 0 Å². The van der Waals surface area contributed by atoms with Crippen LogP contribution in [-0.4, -0.2) is 61.6 Å². The van der Waals surface area contributed by atoms with E-state index >= 15 is 0 Å². The van der Waals surface area contributed by atoms with E-state index in [0.717, 1.165) is 0 Å². The van der Waals surface area contributed by atoms with Gasteiger partial charge in [-0.1, -0.05) is 0 Å². The van der Waals surface area contributed by atoms with Gasteiger partial charge in [0, 0.05) is 6.54 Å². The molecule has 0 spiro atoms. The van der Waals surface area contributed by atoms with Crippen molar-refractivity contribution < 1.29 is 23.9 Å². The maximum Gasteiger partial charge on any atom is 0.322 e. The summed E-state index contributed by atoms with van der Waals surface area (Å²) in [7, 11) is 1.31. The van der Waals surface area contributed by atoms with Crippen molar-refractivity contribution in [2.24, 2.45) is 0 Å². The van der Waals surface area contributed by atoms with Gasteiger partial charge >= 0.3 is 5.97 Å². The van der Waals surface area contributed by atoms with E-state index in [1.807, 2.05) is 0 Å². The van der Waals surface area contributed by atoms with E-state index in [2.05, 4.69) is 10.1 Å². The summed E-state index contributed by atoms with van der Waals surface area (Å²) >= 11 is 0. The van der Waals surface area contributed by atoms with Crippen LogP contribution in [0, 0.1) is 0 Å². The lowest BCUT2D eigenvalue weighted by molar-refractivity contribution is -0.161. The highest BCUT2D eigenvalue weighted by Crippen LogP contribution is 2.17. The molecule has 2 aliphatic rings. The second-order valence-corrected chi connectivity index (χ2v) is 4.02. The number of carbonyl (C=O) groups is 3. The summed E-state index contributed by atoms with van der Waals surface area (Å²) in [6.07, 6.45) is 0.393. The molecule has 2 saturated heterocycles. The maximum absolute atomic E-state index is 11.6. The topological polar surface area (TPSA) is 84.9 Å². The van der Waals surface area contributed by atoms with Gasteiger partial charge in [-0.25, -0.2) is 0 Å². The van der Waals surface area contributed by atoms with Gasteiger partial charge in [0.2, 0.25) is 0 Å². The molecular weight excluding hydrogens is 264 g/mol. The molecule has 0 aromatic carbocycles. The zero-order chi connectivity index (χ0) is 12.4. The Kier molecular flexibility index (Phi) is 5.06. The van der Waals surface area contributed by atoms with E-state index in [9.17, 15) is 14.4 Å². The third kappa shape index (κ3) is 2.80. The first kappa shape index (κ1) is 14.9. The molecule has 8 heteroatoms. The number of rotatable bonds is 2. The number of hydrogen-bond donors (Lipinski definition) is 1. The highest BCUT2D eigenvalue weighted by Gasteiger charge is 2.39. The van der Waals surface area contributed by atoms with E-state index in [1.165, 1.54) is 12.0 Å². The standard InChI is InChI=1S/C10H14N2O5.ClH/c1-16-10(15)7-2-6(3-11-7)12-8(13)4-17-5-9(12)14;/h6-7,11H,2-5H2,1H3;1H. The lowest BCUT2D eigenvalue weighted by Crippen LogP contribution is -2.52. The SMILES string of the molecule is COC(=O)C1CC(N2C(=O)COCC2=O)CN1.Cl. The Morgan fingerprint density at radius 1 is 1.39 bits per heavy atom. The van der Waals surface area contributed by atoms with Crippen molar-refractivity contribution in [3.05, 3.63) is 0 Å². The lowest BCUT2D eigenvalue weighted by atomic mass is 10.1. The van der Waals surface area contributed by atoms with Crippen molar-refractivity contribution in [1.29, 1.82) is 0 Å². The Balaban J connectivity index is 0.00000162. The molecule has 2 atom stereocenters. The van der Waals surface area contributed by atoms with Crippen molar-refractivity contribution in [3.63, 3.8) is 0 Å². The predicted octanol–water partition coefficient (Wildman–Crippen LogP) is -1.30. The first-order valence-corrected chi connectivity index (χ1v) is 5.37. The van der Waals surface area contributed by atoms with Gasteiger partial charge in [0.05, 0.1) is 13.2 Å². The summed E-state index contributed by atoms with van der Waals surface area (Å²) in [5.41, 5.74) is 0. The third-order valence-electron chi connectivity index (χ3n) is 2.95. The van der Waals surface area contributed by atoms with Crippen LogP contribution in [0.5, 0.6) is 0 Å². The number of nitrogens with one attached hydrogen (secondary N) is 1. The van der Waals surface area contributed by atoms with Gasteiger partial charge in [0.1, 0.15) is 19.3 Å². The second kappa shape index (κ2) is 6.12. The van der Waals surface area contributed by atoms with Crippen LogP contribution in [0.4, 0.5) is 0 Å². The number of methoxy groups -OCH3 is 1. The number of nitrogens with zero attached hydrogens (tertiary/aromatic N) is 1. The number of amides is 2. The first-order valence-electron chi connectivity index (χ1n) is 5.37. The third-order valence-corrected chi connectivity index (χ3v) is 2.95. The lowest BCUT2D eigenvalue weighted by Gasteiger charge is -2.29. The van der Waals surface area contributed by atoms with Gasteiger partial charge in [-0.2, -0.15) is 0 Å². The van der Waals surface area contributed by atoms with Crippen LogP contribution in [0.1, 0.15) is 6.42 Å². The van der Waals surface area contributed by atoms with Crippen LogP contribution in [0.15, 0.2) is 0 Å². The molecule has 2 unspecified atom stereocenters. The molecule has 18 heavy (non-hydrogen) atoms. The number of ether oxygens (including phenoxy) is 2. The Labute approximate surface area is 110 Å². The molecule has 0 saturated carbocycles. The Bertz CT molecular complexity index is 346. The fourth-order valence-corrected chi connectivity index (χ4v) is 2.15. The molecule has 2 aliphatic heterocycles. The zero-order valence-corrected chi connectivity index (χ0v) is 10.7. The number of imide groups is 1. The van der Waals surface area contributed by atoms with Gasteiger partial charge in [0.25, 0.3) is 11.8 Å². The summed E-state index contributed by atoms with van der Waals surface area (Å²) in [6, 6.07) is -0.739. The second-order valence-electron chi connectivity index (χ2n) is 4.02. The molecule has 102 valence electrons. The van der Waals surface area contributed by atoms with Crippen LogP contribution >= 0.6 is 12.4 Å². The summed E-state index contributed by atoms with van der Waals surface area (Å²) in [5.74, 6) is -1.07. The number of halogens is 1. The minimum absolute atomic E-state index is 0. The molecular formula is C10H15ClN2O5. The van der Waals surface area contributed by atoms with E-state index in [4.69, 9.17) is 4.74 Å². The van der Waals surface area contributed by atoms with Crippen molar-refractivity contribution in [3.8, 4) is 0 Å². The zero-order valence-electron chi connectivity index (χ0n) is 9.88. The summed E-state index contributed by atoms with van der Waals surface area (Å²) in [5, 5.41) is 2.93. The van der Waals surface area contributed by atoms with E-state index in [0.29, 0.717) is 13.0 Å². The summed E-state index contributed by atoms with van der Waals surface area (Å²) in [6.45, 7) is 0.257. The monoisotopic (exact) mass is 278 g/mol. The van der Waals surface area contributed by atoms with Crippen LogP contribution in [-0.2, 0) is 23.9 Å². The summed E-state index contributed by atoms with van der Waals surface area (Å²) < 4.78 is 9.44. The van der Waals surface area contributed by atoms with Crippen molar-refractivity contribution in [2.75, 3.05) is 26.9 Å². The molecule has 2 amide bonds. The van der Waals surface area contributed by atoms with E-state index in [1.54, 1.807) is 0 Å². The van der Waals surface area contributed by atoms with Crippen molar-refractivity contribution in [1.82, 2.24) is 10.2 Å². The van der Waals surface area contributed by atoms with Crippen LogP contribution in [0.2, 0.25) is 0 Å². The number of carbonyl (C=O) groups excluding carboxylic acids is 3. The fraction of sp³-hybridized carbons (Fsp3) is 0.700. The molecule has 7 nitrogen and oxygen atoms in total. The first-order chi connectivity index (χ1) is 8.13. The molecule has 0 radical (unpaired) electrons. The minimum Gasteiger partial charge on any atom is -0.468 e. The molecule has 0 aromatic rings. The average Bonchev–Trinajstić information content (AvgIpc) is 2.77. The van der Waals surface area contributed by atoms with Gasteiger partial charge in [0.15, 0.2) is 0 Å². The largest absolute Gasteiger partial charge is 0.468 e. The van der Waals surface area contributed by atoms with Gasteiger partial charge in [-0.3, -0.25) is 19.3 Å². The van der Waals surface area contributed by atoms with E-state index in [-0.39, 0.29) is 49.4 Å². The average molecular weight is 279 g/mol. The maximum atomic E-state index is 11.6. The summed E-state index contributed by atoms with van der Waals surface area (Å²) in [4.78, 5) is 35.6. The van der Waals surface area contributed by atoms with Gasteiger partial charge in [-0.05, 0) is 6.42 Å². The van der Waals surface area contributed by atoms with Crippen LogP contribution < -0.4 is 5.32 Å². The number of esters is 1. The van der Waals surface area contributed by atoms with Crippen LogP contribution in [0.25, 0.3) is 0 Å². The number of morpholine rings is 1. The normalized spacial score (nSPS) is 27.9. The van der Waals surface area contributed by atoms with Gasteiger partial charge < -0.3 is 14.8 Å². The molecule has 0 bridgehead atoms. The Morgan fingerprint density at radius 2 is 2.00 bits per heavy atom. The predicted molar refractivity (Wildman–Crippen MR) is 62.1 cm³/mol. The Hall–Kier alpha value is -1.18. The fourth-order valence-electron chi connectivity index (χ4n) is 2.15. The molecule has 1 N–H and O–H groups in total. The quantitative estimate of drug-likeness (QED) is 0.499. The molecule has 2 fully saturated rings. The molecule has 2 heterocycles. The van der Waals surface area contributed by atoms with E-state index < -0.39 is 6.04 Å².